The fourth-order valence-electron chi connectivity index (χ4n) is 2.75. The highest BCUT2D eigenvalue weighted by Gasteiger charge is 2.42. The highest BCUT2D eigenvalue weighted by molar-refractivity contribution is 7.79. The summed E-state index contributed by atoms with van der Waals surface area (Å²) >= 11 is 0. The second-order valence-corrected chi connectivity index (χ2v) is 6.36. The molecule has 4 atom stereocenters. The van der Waals surface area contributed by atoms with Crippen molar-refractivity contribution >= 4 is 33.3 Å². The van der Waals surface area contributed by atoms with E-state index in [9.17, 15) is 15.3 Å². The van der Waals surface area contributed by atoms with Crippen molar-refractivity contribution < 1.29 is 32.8 Å². The van der Waals surface area contributed by atoms with Crippen molar-refractivity contribution in [2.75, 3.05) is 18.1 Å². The molecule has 25 heavy (non-hydrogen) atoms. The topological polar surface area (TPSA) is 231 Å². The van der Waals surface area contributed by atoms with Crippen LogP contribution in [0.5, 0.6) is 0 Å². The Kier molecular flexibility index (Phi) is 5.40. The van der Waals surface area contributed by atoms with Gasteiger partial charge >= 0.3 is 10.4 Å². The van der Waals surface area contributed by atoms with Gasteiger partial charge in [-0.25, -0.2) is 4.98 Å². The first-order chi connectivity index (χ1) is 11.5. The van der Waals surface area contributed by atoms with E-state index in [2.05, 4.69) is 15.0 Å². The molecule has 0 spiro atoms. The van der Waals surface area contributed by atoms with E-state index in [4.69, 9.17) is 29.0 Å². The number of imidazole rings is 1. The van der Waals surface area contributed by atoms with Gasteiger partial charge in [-0.3, -0.25) is 9.11 Å². The number of nitrogens with zero attached hydrogens (tertiary/aromatic N) is 4. The molecule has 1 aliphatic rings. The summed E-state index contributed by atoms with van der Waals surface area (Å²) in [5.74, 6) is -0.203. The number of aliphatic hydroxyl groups is 3. The summed E-state index contributed by atoms with van der Waals surface area (Å²) in [5, 5.41) is 29.2. The summed E-state index contributed by atoms with van der Waals surface area (Å²) in [6.45, 7) is -0.194. The molecule has 0 amide bonds. The molecule has 9 N–H and O–H groups in total. The first kappa shape index (κ1) is 19.2. The number of nitrogens with two attached hydrogens (primary N) is 2. The van der Waals surface area contributed by atoms with Gasteiger partial charge in [-0.1, -0.05) is 0 Å². The van der Waals surface area contributed by atoms with Crippen LogP contribution in [0.25, 0.3) is 11.2 Å². The van der Waals surface area contributed by atoms with Crippen molar-refractivity contribution in [2.24, 2.45) is 5.92 Å². The third kappa shape index (κ3) is 4.30. The zero-order chi connectivity index (χ0) is 18.9. The Morgan fingerprint density at radius 1 is 1.20 bits per heavy atom. The standard InChI is InChI=1S/C11H16N6O3.H2O4S/c12-9-6-10(16-11(13)15-9)17(3-14-6)5-1-4(2-18)7(19)8(5)20;1-5(2,3)4/h3-5,7-8,18-20H,1-2H2,(H4,12,13,15,16);(H2,1,2,3,4). The minimum Gasteiger partial charge on any atom is -0.396 e. The Labute approximate surface area is 141 Å². The third-order valence-electron chi connectivity index (χ3n) is 3.83. The van der Waals surface area contributed by atoms with E-state index in [0.29, 0.717) is 17.6 Å². The van der Waals surface area contributed by atoms with E-state index in [1.165, 1.54) is 6.33 Å². The maximum Gasteiger partial charge on any atom is 0.394 e. The maximum absolute atomic E-state index is 10.1. The zero-order valence-corrected chi connectivity index (χ0v) is 13.5. The summed E-state index contributed by atoms with van der Waals surface area (Å²) in [5.41, 5.74) is 12.1. The van der Waals surface area contributed by atoms with Crippen LogP contribution in [-0.2, 0) is 10.4 Å². The van der Waals surface area contributed by atoms with Gasteiger partial charge in [0.15, 0.2) is 11.5 Å². The van der Waals surface area contributed by atoms with Crippen LogP contribution in [0.15, 0.2) is 6.33 Å². The fraction of sp³-hybridized carbons (Fsp3) is 0.545. The van der Waals surface area contributed by atoms with E-state index >= 15 is 0 Å². The smallest absolute Gasteiger partial charge is 0.394 e. The van der Waals surface area contributed by atoms with Crippen LogP contribution in [0.4, 0.5) is 11.8 Å². The Bertz CT molecular complexity index is 848. The lowest BCUT2D eigenvalue weighted by Crippen LogP contribution is -2.30. The van der Waals surface area contributed by atoms with Crippen molar-refractivity contribution in [1.82, 2.24) is 19.5 Å². The van der Waals surface area contributed by atoms with E-state index in [1.807, 2.05) is 0 Å². The van der Waals surface area contributed by atoms with Gasteiger partial charge in [0, 0.05) is 12.5 Å². The Balaban J connectivity index is 0.000000399. The number of fused-ring (bicyclic) bond motifs is 1. The van der Waals surface area contributed by atoms with Crippen LogP contribution in [0.2, 0.25) is 0 Å². The second kappa shape index (κ2) is 7.03. The Morgan fingerprint density at radius 3 is 2.32 bits per heavy atom. The summed E-state index contributed by atoms with van der Waals surface area (Å²) < 4.78 is 33.2. The molecule has 1 aliphatic carbocycles. The van der Waals surface area contributed by atoms with Crippen LogP contribution < -0.4 is 11.5 Å². The number of anilines is 2. The van der Waals surface area contributed by atoms with E-state index < -0.39 is 28.6 Å². The lowest BCUT2D eigenvalue weighted by Gasteiger charge is -2.18. The molecule has 1 fully saturated rings. The quantitative estimate of drug-likeness (QED) is 0.271. The van der Waals surface area contributed by atoms with Gasteiger partial charge in [-0.05, 0) is 6.42 Å². The molecule has 14 heteroatoms. The number of nitrogen functional groups attached to an aromatic ring is 2. The van der Waals surface area contributed by atoms with Gasteiger partial charge in [-0.2, -0.15) is 18.4 Å². The molecule has 13 nitrogen and oxygen atoms in total. The van der Waals surface area contributed by atoms with Gasteiger partial charge in [0.05, 0.1) is 18.5 Å². The predicted molar refractivity (Wildman–Crippen MR) is 84.6 cm³/mol. The molecule has 0 bridgehead atoms. The van der Waals surface area contributed by atoms with Gasteiger partial charge in [0.1, 0.15) is 11.6 Å². The number of aromatic nitrogens is 4. The molecule has 2 heterocycles. The predicted octanol–water partition coefficient (Wildman–Crippen LogP) is -2.39. The molecule has 4 unspecified atom stereocenters. The lowest BCUT2D eigenvalue weighted by atomic mass is 10.1. The fourth-order valence-corrected chi connectivity index (χ4v) is 2.75. The largest absolute Gasteiger partial charge is 0.396 e. The molecule has 3 rings (SSSR count). The first-order valence-electron chi connectivity index (χ1n) is 6.95. The van der Waals surface area contributed by atoms with Crippen LogP contribution in [0, 0.1) is 5.92 Å². The van der Waals surface area contributed by atoms with Crippen molar-refractivity contribution in [3.05, 3.63) is 6.33 Å². The van der Waals surface area contributed by atoms with E-state index in [-0.39, 0.29) is 24.3 Å². The Hall–Kier alpha value is -2.10. The molecule has 0 aromatic carbocycles. The van der Waals surface area contributed by atoms with Crippen molar-refractivity contribution in [3.63, 3.8) is 0 Å². The number of hydrogen-bond donors (Lipinski definition) is 7. The molecule has 0 aliphatic heterocycles. The van der Waals surface area contributed by atoms with Crippen molar-refractivity contribution in [1.29, 1.82) is 0 Å². The van der Waals surface area contributed by atoms with Gasteiger partial charge in [-0.15, -0.1) is 0 Å². The summed E-state index contributed by atoms with van der Waals surface area (Å²) in [4.78, 5) is 12.0. The third-order valence-corrected chi connectivity index (χ3v) is 3.83. The zero-order valence-electron chi connectivity index (χ0n) is 12.7. The molecule has 140 valence electrons. The van der Waals surface area contributed by atoms with Gasteiger partial charge in [0.2, 0.25) is 5.95 Å². The van der Waals surface area contributed by atoms with Gasteiger partial charge in [0.25, 0.3) is 0 Å². The molecule has 0 radical (unpaired) electrons. The van der Waals surface area contributed by atoms with Crippen molar-refractivity contribution in [3.8, 4) is 0 Å². The van der Waals surface area contributed by atoms with Gasteiger partial charge < -0.3 is 31.4 Å². The summed E-state index contributed by atoms with van der Waals surface area (Å²) in [6, 6.07) is -0.444. The normalized spacial score (nSPS) is 26.4. The van der Waals surface area contributed by atoms with Crippen LogP contribution in [0.1, 0.15) is 12.5 Å². The van der Waals surface area contributed by atoms with E-state index in [0.717, 1.165) is 0 Å². The molecule has 2 aromatic rings. The maximum atomic E-state index is 10.1. The minimum atomic E-state index is -4.67. The average Bonchev–Trinajstić information content (AvgIpc) is 3.00. The lowest BCUT2D eigenvalue weighted by molar-refractivity contribution is -0.00370. The Morgan fingerprint density at radius 2 is 1.80 bits per heavy atom. The molecular weight excluding hydrogens is 360 g/mol. The first-order valence-corrected chi connectivity index (χ1v) is 8.35. The van der Waals surface area contributed by atoms with Crippen LogP contribution in [-0.4, -0.2) is 71.2 Å². The summed E-state index contributed by atoms with van der Waals surface area (Å²) in [7, 11) is -4.67. The highest BCUT2D eigenvalue weighted by Crippen LogP contribution is 2.36. The van der Waals surface area contributed by atoms with Crippen LogP contribution in [0.3, 0.4) is 0 Å². The molecule has 0 saturated heterocycles. The highest BCUT2D eigenvalue weighted by atomic mass is 32.3. The summed E-state index contributed by atoms with van der Waals surface area (Å²) in [6.07, 6.45) is -0.107. The molecule has 1 saturated carbocycles. The molecular formula is C11H18N6O7S. The SMILES string of the molecule is Nc1nc(N)c2ncn(C3CC(CO)C(O)C3O)c2n1.O=S(=O)(O)O. The number of aliphatic hydroxyl groups excluding tert-OH is 3. The minimum absolute atomic E-state index is 0.0171. The second-order valence-electron chi connectivity index (χ2n) is 5.47. The monoisotopic (exact) mass is 378 g/mol. The number of rotatable bonds is 2. The van der Waals surface area contributed by atoms with Crippen molar-refractivity contribution in [2.45, 2.75) is 24.7 Å². The van der Waals surface area contributed by atoms with E-state index in [1.54, 1.807) is 4.57 Å². The van der Waals surface area contributed by atoms with Crippen LogP contribution >= 0.6 is 0 Å². The molecule has 2 aromatic heterocycles. The average molecular weight is 378 g/mol. The number of hydrogen-bond acceptors (Lipinski definition) is 10.